The van der Waals surface area contributed by atoms with Crippen molar-refractivity contribution < 1.29 is 13.5 Å². The van der Waals surface area contributed by atoms with Crippen molar-refractivity contribution in [1.29, 1.82) is 10.5 Å². The monoisotopic (exact) mass is 256 g/mol. The lowest BCUT2D eigenvalue weighted by Gasteiger charge is -2.07. The Labute approximate surface area is 107 Å². The number of nitrogens with zero attached hydrogens (tertiary/aromatic N) is 2. The highest BCUT2D eigenvalue weighted by Crippen LogP contribution is 2.27. The number of hydrogen-bond donors (Lipinski definition) is 0. The Morgan fingerprint density at radius 2 is 1.68 bits per heavy atom. The molecule has 0 unspecified atom stereocenters. The number of halogens is 2. The van der Waals surface area contributed by atoms with E-state index in [9.17, 15) is 8.78 Å². The normalized spacial score (nSPS) is 9.47. The molecule has 0 aliphatic carbocycles. The summed E-state index contributed by atoms with van der Waals surface area (Å²) >= 11 is 0. The van der Waals surface area contributed by atoms with Gasteiger partial charge in [0.05, 0.1) is 11.1 Å². The van der Waals surface area contributed by atoms with Gasteiger partial charge in [-0.1, -0.05) is 6.07 Å². The van der Waals surface area contributed by atoms with Crippen LogP contribution < -0.4 is 4.74 Å². The number of rotatable bonds is 2. The molecule has 0 spiro atoms. The SMILES string of the molecule is N#Cc1ccc(Oc2cccc(F)c2F)cc1C#N. The van der Waals surface area contributed by atoms with E-state index in [-0.39, 0.29) is 22.6 Å². The predicted octanol–water partition coefficient (Wildman–Crippen LogP) is 3.50. The summed E-state index contributed by atoms with van der Waals surface area (Å²) in [6, 6.07) is 11.3. The highest BCUT2D eigenvalue weighted by atomic mass is 19.2. The van der Waals surface area contributed by atoms with Crippen molar-refractivity contribution >= 4 is 0 Å². The highest BCUT2D eigenvalue weighted by Gasteiger charge is 2.11. The average Bonchev–Trinajstić information content (AvgIpc) is 2.43. The predicted molar refractivity (Wildman–Crippen MR) is 62.3 cm³/mol. The first-order chi connectivity index (χ1) is 9.15. The summed E-state index contributed by atoms with van der Waals surface area (Å²) in [5.41, 5.74) is 0.298. The topological polar surface area (TPSA) is 56.8 Å². The molecular weight excluding hydrogens is 250 g/mol. The molecule has 2 aromatic rings. The van der Waals surface area contributed by atoms with Crippen molar-refractivity contribution in [3.63, 3.8) is 0 Å². The van der Waals surface area contributed by atoms with E-state index in [1.54, 1.807) is 0 Å². The molecule has 0 fully saturated rings. The molecule has 5 heteroatoms. The van der Waals surface area contributed by atoms with Crippen molar-refractivity contribution in [2.75, 3.05) is 0 Å². The number of nitriles is 2. The largest absolute Gasteiger partial charge is 0.454 e. The number of hydrogen-bond acceptors (Lipinski definition) is 3. The maximum atomic E-state index is 13.4. The van der Waals surface area contributed by atoms with Gasteiger partial charge in [-0.2, -0.15) is 14.9 Å². The Bertz CT molecular complexity index is 714. The molecule has 0 heterocycles. The van der Waals surface area contributed by atoms with Crippen molar-refractivity contribution in [2.24, 2.45) is 0 Å². The van der Waals surface area contributed by atoms with Crippen LogP contribution in [0.25, 0.3) is 0 Å². The summed E-state index contributed by atoms with van der Waals surface area (Å²) in [6.45, 7) is 0. The molecule has 2 rings (SSSR count). The molecule has 0 aliphatic rings. The first-order valence-corrected chi connectivity index (χ1v) is 5.22. The second-order valence-electron chi connectivity index (χ2n) is 3.59. The highest BCUT2D eigenvalue weighted by molar-refractivity contribution is 5.50. The minimum absolute atomic E-state index is 0.108. The fourth-order valence-corrected chi connectivity index (χ4v) is 1.47. The number of benzene rings is 2. The quantitative estimate of drug-likeness (QED) is 0.826. The van der Waals surface area contributed by atoms with Crippen LogP contribution >= 0.6 is 0 Å². The van der Waals surface area contributed by atoms with Gasteiger partial charge in [0.15, 0.2) is 11.6 Å². The summed E-state index contributed by atoms with van der Waals surface area (Å²) < 4.78 is 31.5. The van der Waals surface area contributed by atoms with Crippen molar-refractivity contribution in [3.05, 3.63) is 59.2 Å². The molecule has 0 atom stereocenters. The van der Waals surface area contributed by atoms with Crippen LogP contribution in [0.15, 0.2) is 36.4 Å². The van der Waals surface area contributed by atoms with Crippen LogP contribution in [-0.2, 0) is 0 Å². The molecule has 0 saturated heterocycles. The van der Waals surface area contributed by atoms with E-state index >= 15 is 0 Å². The third-order valence-corrected chi connectivity index (χ3v) is 2.38. The fourth-order valence-electron chi connectivity index (χ4n) is 1.47. The summed E-state index contributed by atoms with van der Waals surface area (Å²) in [5, 5.41) is 17.6. The first-order valence-electron chi connectivity index (χ1n) is 5.22. The molecule has 0 aromatic heterocycles. The molecule has 3 nitrogen and oxygen atoms in total. The summed E-state index contributed by atoms with van der Waals surface area (Å²) in [5.74, 6) is -2.26. The molecule has 0 amide bonds. The average molecular weight is 256 g/mol. The smallest absolute Gasteiger partial charge is 0.201 e. The van der Waals surface area contributed by atoms with Gasteiger partial charge in [0.1, 0.15) is 17.9 Å². The molecule has 2 aromatic carbocycles. The maximum absolute atomic E-state index is 13.4. The van der Waals surface area contributed by atoms with Gasteiger partial charge in [-0.3, -0.25) is 0 Å². The molecule has 92 valence electrons. The van der Waals surface area contributed by atoms with Gasteiger partial charge in [0, 0.05) is 0 Å². The fraction of sp³-hybridized carbons (Fsp3) is 0. The van der Waals surface area contributed by atoms with Crippen molar-refractivity contribution in [2.45, 2.75) is 0 Å². The van der Waals surface area contributed by atoms with E-state index in [0.717, 1.165) is 6.07 Å². The van der Waals surface area contributed by atoms with Crippen LogP contribution in [-0.4, -0.2) is 0 Å². The van der Waals surface area contributed by atoms with Crippen LogP contribution in [0.5, 0.6) is 11.5 Å². The van der Waals surface area contributed by atoms with Gasteiger partial charge in [0.2, 0.25) is 5.82 Å². The molecule has 19 heavy (non-hydrogen) atoms. The van der Waals surface area contributed by atoms with Gasteiger partial charge in [-0.15, -0.1) is 0 Å². The Morgan fingerprint density at radius 3 is 2.37 bits per heavy atom. The minimum atomic E-state index is -1.11. The van der Waals surface area contributed by atoms with E-state index in [0.29, 0.717) is 0 Å². The van der Waals surface area contributed by atoms with Crippen LogP contribution in [0, 0.1) is 34.3 Å². The molecular formula is C14H6F2N2O. The zero-order valence-corrected chi connectivity index (χ0v) is 9.52. The summed E-state index contributed by atoms with van der Waals surface area (Å²) in [6.07, 6.45) is 0. The lowest BCUT2D eigenvalue weighted by atomic mass is 10.1. The van der Waals surface area contributed by atoms with Crippen LogP contribution in [0.3, 0.4) is 0 Å². The van der Waals surface area contributed by atoms with Crippen LogP contribution in [0.1, 0.15) is 11.1 Å². The Balaban J connectivity index is 2.38. The standard InChI is InChI=1S/C14H6F2N2O/c15-12-2-1-3-13(14(12)16)19-11-5-4-9(7-17)10(6-11)8-18/h1-6H. The second kappa shape index (κ2) is 5.16. The third-order valence-electron chi connectivity index (χ3n) is 2.38. The van der Waals surface area contributed by atoms with Gasteiger partial charge >= 0.3 is 0 Å². The van der Waals surface area contributed by atoms with E-state index in [1.165, 1.54) is 30.3 Å². The molecule has 0 bridgehead atoms. The Kier molecular flexibility index (Phi) is 3.40. The van der Waals surface area contributed by atoms with Crippen LogP contribution in [0.4, 0.5) is 8.78 Å². The lowest BCUT2D eigenvalue weighted by Crippen LogP contribution is -1.92. The number of ether oxygens (including phenoxy) is 1. The van der Waals surface area contributed by atoms with E-state index in [1.807, 2.05) is 12.1 Å². The Hall–Kier alpha value is -2.92. The van der Waals surface area contributed by atoms with E-state index in [4.69, 9.17) is 15.3 Å². The summed E-state index contributed by atoms with van der Waals surface area (Å²) in [4.78, 5) is 0. The van der Waals surface area contributed by atoms with E-state index < -0.39 is 11.6 Å². The maximum Gasteiger partial charge on any atom is 0.201 e. The minimum Gasteiger partial charge on any atom is -0.454 e. The molecule has 0 radical (unpaired) electrons. The lowest BCUT2D eigenvalue weighted by molar-refractivity contribution is 0.416. The van der Waals surface area contributed by atoms with Crippen molar-refractivity contribution in [3.8, 4) is 23.6 Å². The van der Waals surface area contributed by atoms with Gasteiger partial charge in [0.25, 0.3) is 0 Å². The van der Waals surface area contributed by atoms with Crippen LogP contribution in [0.2, 0.25) is 0 Å². The molecule has 0 aliphatic heterocycles. The molecule has 0 saturated carbocycles. The third kappa shape index (κ3) is 2.51. The molecule has 0 N–H and O–H groups in total. The zero-order valence-electron chi connectivity index (χ0n) is 9.52. The van der Waals surface area contributed by atoms with Crippen molar-refractivity contribution in [1.82, 2.24) is 0 Å². The first kappa shape index (κ1) is 12.5. The Morgan fingerprint density at radius 1 is 0.947 bits per heavy atom. The zero-order chi connectivity index (χ0) is 13.8. The van der Waals surface area contributed by atoms with Gasteiger partial charge < -0.3 is 4.74 Å². The van der Waals surface area contributed by atoms with E-state index in [2.05, 4.69) is 0 Å². The van der Waals surface area contributed by atoms with Gasteiger partial charge in [-0.25, -0.2) is 4.39 Å². The summed E-state index contributed by atoms with van der Waals surface area (Å²) in [7, 11) is 0. The second-order valence-corrected chi connectivity index (χ2v) is 3.59. The van der Waals surface area contributed by atoms with Gasteiger partial charge in [-0.05, 0) is 30.3 Å².